The van der Waals surface area contributed by atoms with E-state index < -0.39 is 9.84 Å². The van der Waals surface area contributed by atoms with Crippen molar-refractivity contribution in [2.24, 2.45) is 0 Å². The Morgan fingerprint density at radius 2 is 2.00 bits per heavy atom. The summed E-state index contributed by atoms with van der Waals surface area (Å²) in [5.74, 6) is -0.334. The van der Waals surface area contributed by atoms with E-state index in [2.05, 4.69) is 22.0 Å². The Hall–Kier alpha value is -1.82. The van der Waals surface area contributed by atoms with E-state index in [1.165, 1.54) is 5.39 Å². The number of benzene rings is 1. The second kappa shape index (κ2) is 6.30. The summed E-state index contributed by atoms with van der Waals surface area (Å²) in [7, 11) is -3.09. The molecule has 0 atom stereocenters. The van der Waals surface area contributed by atoms with Crippen LogP contribution in [0.3, 0.4) is 0 Å². The van der Waals surface area contributed by atoms with Crippen LogP contribution in [0, 0.1) is 6.92 Å². The van der Waals surface area contributed by atoms with Crippen LogP contribution in [0.5, 0.6) is 0 Å². The van der Waals surface area contributed by atoms with E-state index in [1.807, 2.05) is 25.1 Å². The van der Waals surface area contributed by atoms with Gasteiger partial charge in [0.1, 0.15) is 9.84 Å². The number of aromatic nitrogens is 1. The standard InChI is InChI=1S/C15H20N2O3S/c1-12-11-13-5-3-4-6-14(13)17(12)9-8-16-15(18)7-10-21(2,19)20/h3-6,11H,7-10H2,1-2H3,(H,16,18). The van der Waals surface area contributed by atoms with Crippen LogP contribution >= 0.6 is 0 Å². The molecular formula is C15H20N2O3S. The van der Waals surface area contributed by atoms with Crippen molar-refractivity contribution in [2.45, 2.75) is 19.9 Å². The molecule has 1 heterocycles. The molecule has 0 aliphatic rings. The average Bonchev–Trinajstić information content (AvgIpc) is 2.72. The predicted molar refractivity (Wildman–Crippen MR) is 84.0 cm³/mol. The summed E-state index contributed by atoms with van der Waals surface area (Å²) in [6.07, 6.45) is 1.15. The van der Waals surface area contributed by atoms with Crippen molar-refractivity contribution >= 4 is 26.6 Å². The Bertz CT molecular complexity index is 747. The number of nitrogens with one attached hydrogen (secondary N) is 1. The van der Waals surface area contributed by atoms with Crippen LogP contribution in [-0.2, 0) is 21.2 Å². The molecule has 6 heteroatoms. The molecule has 1 N–H and O–H groups in total. The molecule has 0 aliphatic carbocycles. The number of nitrogens with zero attached hydrogens (tertiary/aromatic N) is 1. The third-order valence-corrected chi connectivity index (χ3v) is 4.32. The summed E-state index contributed by atoms with van der Waals surface area (Å²) >= 11 is 0. The van der Waals surface area contributed by atoms with Gasteiger partial charge in [0.15, 0.2) is 0 Å². The first-order chi connectivity index (χ1) is 9.87. The predicted octanol–water partition coefficient (Wildman–Crippen LogP) is 1.50. The van der Waals surface area contributed by atoms with Gasteiger partial charge in [-0.15, -0.1) is 0 Å². The number of hydrogen-bond donors (Lipinski definition) is 1. The van der Waals surface area contributed by atoms with Crippen molar-refractivity contribution in [3.05, 3.63) is 36.0 Å². The minimum atomic E-state index is -3.09. The van der Waals surface area contributed by atoms with Crippen molar-refractivity contribution in [3.8, 4) is 0 Å². The van der Waals surface area contributed by atoms with E-state index in [1.54, 1.807) is 0 Å². The van der Waals surface area contributed by atoms with Gasteiger partial charge >= 0.3 is 0 Å². The van der Waals surface area contributed by atoms with Crippen LogP contribution in [-0.4, -0.2) is 37.4 Å². The number of aryl methyl sites for hydroxylation is 1. The van der Waals surface area contributed by atoms with Gasteiger partial charge in [-0.2, -0.15) is 0 Å². The number of rotatable bonds is 6. The normalized spacial score (nSPS) is 11.7. The maximum Gasteiger partial charge on any atom is 0.221 e. The third kappa shape index (κ3) is 4.32. The van der Waals surface area contributed by atoms with Gasteiger partial charge in [0.2, 0.25) is 5.91 Å². The van der Waals surface area contributed by atoms with Gasteiger partial charge in [0.05, 0.1) is 5.75 Å². The zero-order chi connectivity index (χ0) is 15.5. The first-order valence-corrected chi connectivity index (χ1v) is 8.92. The molecule has 0 radical (unpaired) electrons. The minimum Gasteiger partial charge on any atom is -0.354 e. The topological polar surface area (TPSA) is 68.2 Å². The Labute approximate surface area is 124 Å². The summed E-state index contributed by atoms with van der Waals surface area (Å²) in [5, 5.41) is 3.94. The Balaban J connectivity index is 1.91. The number of carbonyl (C=O) groups is 1. The fraction of sp³-hybridized carbons (Fsp3) is 0.400. The molecule has 1 aromatic carbocycles. The molecule has 0 bridgehead atoms. The van der Waals surface area contributed by atoms with Crippen molar-refractivity contribution in [1.82, 2.24) is 9.88 Å². The molecule has 0 aliphatic heterocycles. The first kappa shape index (κ1) is 15.6. The lowest BCUT2D eigenvalue weighted by Crippen LogP contribution is -2.28. The molecule has 0 saturated carbocycles. The van der Waals surface area contributed by atoms with E-state index in [9.17, 15) is 13.2 Å². The van der Waals surface area contributed by atoms with Gasteiger partial charge in [-0.05, 0) is 24.4 Å². The maximum absolute atomic E-state index is 11.6. The second-order valence-electron chi connectivity index (χ2n) is 5.23. The van der Waals surface area contributed by atoms with E-state index in [4.69, 9.17) is 0 Å². The fourth-order valence-corrected chi connectivity index (χ4v) is 2.87. The van der Waals surface area contributed by atoms with E-state index >= 15 is 0 Å². The van der Waals surface area contributed by atoms with Crippen LogP contribution < -0.4 is 5.32 Å². The molecular weight excluding hydrogens is 288 g/mol. The summed E-state index contributed by atoms with van der Waals surface area (Å²) in [5.41, 5.74) is 2.28. The lowest BCUT2D eigenvalue weighted by molar-refractivity contribution is -0.120. The van der Waals surface area contributed by atoms with Gasteiger partial charge in [-0.3, -0.25) is 4.79 Å². The number of para-hydroxylation sites is 1. The highest BCUT2D eigenvalue weighted by molar-refractivity contribution is 7.90. The highest BCUT2D eigenvalue weighted by Gasteiger charge is 2.08. The van der Waals surface area contributed by atoms with E-state index in [0.29, 0.717) is 13.1 Å². The Morgan fingerprint density at radius 1 is 1.29 bits per heavy atom. The number of amides is 1. The quantitative estimate of drug-likeness (QED) is 0.879. The molecule has 0 saturated heterocycles. The van der Waals surface area contributed by atoms with Gasteiger partial charge in [0.25, 0.3) is 0 Å². The van der Waals surface area contributed by atoms with Crippen LogP contribution in [0.2, 0.25) is 0 Å². The maximum atomic E-state index is 11.6. The molecule has 1 aromatic heterocycles. The van der Waals surface area contributed by atoms with Crippen molar-refractivity contribution < 1.29 is 13.2 Å². The van der Waals surface area contributed by atoms with Crippen LogP contribution in [0.25, 0.3) is 10.9 Å². The molecule has 0 unspecified atom stereocenters. The second-order valence-corrected chi connectivity index (χ2v) is 7.49. The van der Waals surface area contributed by atoms with Gasteiger partial charge in [-0.25, -0.2) is 8.42 Å². The number of carbonyl (C=O) groups excluding carboxylic acids is 1. The monoisotopic (exact) mass is 308 g/mol. The molecule has 21 heavy (non-hydrogen) atoms. The number of hydrogen-bond acceptors (Lipinski definition) is 3. The largest absolute Gasteiger partial charge is 0.354 e. The number of sulfone groups is 1. The summed E-state index contributed by atoms with van der Waals surface area (Å²) in [6.45, 7) is 3.19. The third-order valence-electron chi connectivity index (χ3n) is 3.38. The summed E-state index contributed by atoms with van der Waals surface area (Å²) < 4.78 is 24.2. The van der Waals surface area contributed by atoms with Crippen molar-refractivity contribution in [3.63, 3.8) is 0 Å². The number of fused-ring (bicyclic) bond motifs is 1. The van der Waals surface area contributed by atoms with Gasteiger partial charge < -0.3 is 9.88 Å². The SMILES string of the molecule is Cc1cc2ccccc2n1CCNC(=O)CCS(C)(=O)=O. The average molecular weight is 308 g/mol. The Morgan fingerprint density at radius 3 is 2.71 bits per heavy atom. The van der Waals surface area contributed by atoms with Gasteiger partial charge in [-0.1, -0.05) is 18.2 Å². The summed E-state index contributed by atoms with van der Waals surface area (Å²) in [6, 6.07) is 10.2. The molecule has 114 valence electrons. The van der Waals surface area contributed by atoms with Crippen LogP contribution in [0.15, 0.2) is 30.3 Å². The van der Waals surface area contributed by atoms with Crippen LogP contribution in [0.1, 0.15) is 12.1 Å². The molecule has 2 rings (SSSR count). The van der Waals surface area contributed by atoms with Crippen molar-refractivity contribution in [2.75, 3.05) is 18.6 Å². The molecule has 1 amide bonds. The lowest BCUT2D eigenvalue weighted by Gasteiger charge is -2.09. The van der Waals surface area contributed by atoms with E-state index in [0.717, 1.165) is 17.5 Å². The zero-order valence-corrected chi connectivity index (χ0v) is 13.1. The molecule has 2 aromatic rings. The van der Waals surface area contributed by atoms with Crippen LogP contribution in [0.4, 0.5) is 0 Å². The van der Waals surface area contributed by atoms with Gasteiger partial charge in [0, 0.05) is 37.0 Å². The smallest absolute Gasteiger partial charge is 0.221 e. The Kier molecular flexibility index (Phi) is 4.67. The first-order valence-electron chi connectivity index (χ1n) is 6.86. The lowest BCUT2D eigenvalue weighted by atomic mass is 10.2. The molecule has 5 nitrogen and oxygen atoms in total. The fourth-order valence-electron chi connectivity index (χ4n) is 2.32. The highest BCUT2D eigenvalue weighted by Crippen LogP contribution is 2.18. The molecule has 0 fully saturated rings. The highest BCUT2D eigenvalue weighted by atomic mass is 32.2. The zero-order valence-electron chi connectivity index (χ0n) is 12.3. The van der Waals surface area contributed by atoms with E-state index in [-0.39, 0.29) is 18.1 Å². The summed E-state index contributed by atoms with van der Waals surface area (Å²) in [4.78, 5) is 11.6. The van der Waals surface area contributed by atoms with Crippen molar-refractivity contribution in [1.29, 1.82) is 0 Å². The minimum absolute atomic E-state index is 0.0181. The molecule has 0 spiro atoms.